The summed E-state index contributed by atoms with van der Waals surface area (Å²) < 4.78 is 0. The summed E-state index contributed by atoms with van der Waals surface area (Å²) in [6.45, 7) is 0.395. The van der Waals surface area contributed by atoms with Gasteiger partial charge in [0.05, 0.1) is 18.6 Å². The first kappa shape index (κ1) is 13.6. The van der Waals surface area contributed by atoms with Crippen LogP contribution in [0.4, 0.5) is 0 Å². The van der Waals surface area contributed by atoms with Crippen LogP contribution in [0.25, 0.3) is 6.08 Å². The number of carbonyl (C=O) groups is 1. The summed E-state index contributed by atoms with van der Waals surface area (Å²) >= 11 is 11.8. The van der Waals surface area contributed by atoms with Crippen LogP contribution in [0.15, 0.2) is 36.8 Å². The molecule has 0 spiro atoms. The summed E-state index contributed by atoms with van der Waals surface area (Å²) in [5.74, 6) is -0.217. The Morgan fingerprint density at radius 2 is 2.26 bits per heavy atom. The van der Waals surface area contributed by atoms with Crippen LogP contribution in [0.3, 0.4) is 0 Å². The number of carbonyl (C=O) groups excluding carboxylic acids is 1. The predicted molar refractivity (Wildman–Crippen MR) is 75.9 cm³/mol. The van der Waals surface area contributed by atoms with Gasteiger partial charge in [-0.3, -0.25) is 4.79 Å². The summed E-state index contributed by atoms with van der Waals surface area (Å²) in [5, 5.41) is 3.83. The van der Waals surface area contributed by atoms with Crippen LogP contribution in [-0.2, 0) is 11.3 Å². The van der Waals surface area contributed by atoms with Crippen LogP contribution in [0, 0.1) is 0 Å². The minimum atomic E-state index is -0.217. The van der Waals surface area contributed by atoms with Crippen LogP contribution >= 0.6 is 23.2 Å². The largest absolute Gasteiger partial charge is 0.347 e. The van der Waals surface area contributed by atoms with Gasteiger partial charge in [-0.25, -0.2) is 4.98 Å². The fourth-order valence-corrected chi connectivity index (χ4v) is 1.79. The highest BCUT2D eigenvalue weighted by molar-refractivity contribution is 6.34. The van der Waals surface area contributed by atoms with Gasteiger partial charge in [-0.2, -0.15) is 0 Å². The van der Waals surface area contributed by atoms with Crippen LogP contribution in [-0.4, -0.2) is 15.9 Å². The van der Waals surface area contributed by atoms with Gasteiger partial charge in [0, 0.05) is 22.3 Å². The molecule has 0 aliphatic rings. The lowest BCUT2D eigenvalue weighted by molar-refractivity contribution is -0.116. The highest BCUT2D eigenvalue weighted by Crippen LogP contribution is 2.21. The van der Waals surface area contributed by atoms with Crippen molar-refractivity contribution in [3.05, 3.63) is 58.1 Å². The fourth-order valence-electron chi connectivity index (χ4n) is 1.43. The molecule has 1 aromatic heterocycles. The molecule has 1 aromatic carbocycles. The van der Waals surface area contributed by atoms with Gasteiger partial charge in [-0.15, -0.1) is 0 Å². The third kappa shape index (κ3) is 4.12. The van der Waals surface area contributed by atoms with E-state index in [9.17, 15) is 4.79 Å². The first-order chi connectivity index (χ1) is 9.15. The number of nitrogens with zero attached hydrogens (tertiary/aromatic N) is 1. The van der Waals surface area contributed by atoms with Crippen LogP contribution in [0.1, 0.15) is 11.3 Å². The lowest BCUT2D eigenvalue weighted by Gasteiger charge is -2.00. The average Bonchev–Trinajstić information content (AvgIpc) is 2.90. The van der Waals surface area contributed by atoms with Crippen molar-refractivity contribution < 1.29 is 4.79 Å². The Morgan fingerprint density at radius 3 is 3.00 bits per heavy atom. The van der Waals surface area contributed by atoms with Gasteiger partial charge in [0.1, 0.15) is 0 Å². The Hall–Kier alpha value is -1.78. The number of hydrogen-bond acceptors (Lipinski definition) is 2. The highest BCUT2D eigenvalue weighted by Gasteiger charge is 2.00. The second kappa shape index (κ2) is 6.41. The van der Waals surface area contributed by atoms with Gasteiger partial charge in [-0.05, 0) is 29.8 Å². The number of halogens is 2. The van der Waals surface area contributed by atoms with E-state index in [1.165, 1.54) is 6.08 Å². The number of nitrogens with one attached hydrogen (secondary N) is 2. The van der Waals surface area contributed by atoms with E-state index in [0.29, 0.717) is 22.2 Å². The molecule has 0 bridgehead atoms. The Morgan fingerprint density at radius 1 is 1.42 bits per heavy atom. The van der Waals surface area contributed by atoms with E-state index in [0.717, 1.165) is 5.69 Å². The molecular formula is C13H11Cl2N3O. The topological polar surface area (TPSA) is 57.8 Å². The first-order valence-electron chi connectivity index (χ1n) is 5.53. The summed E-state index contributed by atoms with van der Waals surface area (Å²) in [7, 11) is 0. The van der Waals surface area contributed by atoms with E-state index in [1.54, 1.807) is 36.8 Å². The fraction of sp³-hybridized carbons (Fsp3) is 0.0769. The monoisotopic (exact) mass is 295 g/mol. The predicted octanol–water partition coefficient (Wildman–Crippen LogP) is 3.05. The van der Waals surface area contributed by atoms with E-state index < -0.39 is 0 Å². The molecule has 0 aliphatic carbocycles. The second-order valence-electron chi connectivity index (χ2n) is 3.79. The smallest absolute Gasteiger partial charge is 0.244 e. The maximum Gasteiger partial charge on any atom is 0.244 e. The van der Waals surface area contributed by atoms with Crippen molar-refractivity contribution >= 4 is 35.2 Å². The third-order valence-electron chi connectivity index (χ3n) is 2.38. The number of aromatic nitrogens is 2. The zero-order valence-electron chi connectivity index (χ0n) is 9.86. The van der Waals surface area contributed by atoms with E-state index >= 15 is 0 Å². The molecule has 1 heterocycles. The van der Waals surface area contributed by atoms with Crippen LogP contribution in [0.2, 0.25) is 10.0 Å². The van der Waals surface area contributed by atoms with E-state index in [1.807, 2.05) is 0 Å². The Balaban J connectivity index is 1.94. The highest BCUT2D eigenvalue weighted by atomic mass is 35.5. The number of amides is 1. The molecule has 1 amide bonds. The molecule has 0 radical (unpaired) electrons. The maximum atomic E-state index is 11.6. The molecule has 98 valence electrons. The lowest BCUT2D eigenvalue weighted by atomic mass is 10.2. The van der Waals surface area contributed by atoms with Gasteiger partial charge >= 0.3 is 0 Å². The zero-order chi connectivity index (χ0) is 13.7. The molecule has 6 heteroatoms. The van der Waals surface area contributed by atoms with Crippen molar-refractivity contribution in [2.24, 2.45) is 0 Å². The SMILES string of the molecule is O=C(C=Cc1cc(Cl)ccc1Cl)NCc1cnc[nH]1. The third-order valence-corrected chi connectivity index (χ3v) is 2.96. The molecule has 0 fully saturated rings. The van der Waals surface area contributed by atoms with Gasteiger partial charge in [0.25, 0.3) is 0 Å². The normalized spacial score (nSPS) is 10.8. The molecule has 0 atom stereocenters. The molecule has 0 unspecified atom stereocenters. The average molecular weight is 296 g/mol. The molecule has 2 N–H and O–H groups in total. The summed E-state index contributed by atoms with van der Waals surface area (Å²) in [5.41, 5.74) is 1.54. The Bertz CT molecular complexity index is 594. The molecular weight excluding hydrogens is 285 g/mol. The van der Waals surface area contributed by atoms with Gasteiger partial charge < -0.3 is 10.3 Å². The number of imidazole rings is 1. The standard InChI is InChI=1S/C13H11Cl2N3O/c14-10-2-3-12(15)9(5-10)1-4-13(19)17-7-11-6-16-8-18-11/h1-6,8H,7H2,(H,16,18)(H,17,19). The molecule has 0 saturated heterocycles. The molecule has 2 rings (SSSR count). The van der Waals surface area contributed by atoms with Gasteiger partial charge in [0.2, 0.25) is 5.91 Å². The number of hydrogen-bond donors (Lipinski definition) is 2. The van der Waals surface area contributed by atoms with Crippen molar-refractivity contribution in [3.63, 3.8) is 0 Å². The minimum absolute atomic E-state index is 0.217. The van der Waals surface area contributed by atoms with E-state index in [2.05, 4.69) is 15.3 Å². The van der Waals surface area contributed by atoms with E-state index in [-0.39, 0.29) is 5.91 Å². The Kier molecular flexibility index (Phi) is 4.60. The summed E-state index contributed by atoms with van der Waals surface area (Å²) in [6, 6.07) is 5.08. The van der Waals surface area contributed by atoms with E-state index in [4.69, 9.17) is 23.2 Å². The molecule has 19 heavy (non-hydrogen) atoms. The Labute approximate surface area is 120 Å². The number of H-pyrrole nitrogens is 1. The van der Waals surface area contributed by atoms with Crippen molar-refractivity contribution in [2.45, 2.75) is 6.54 Å². The van der Waals surface area contributed by atoms with Gasteiger partial charge in [-0.1, -0.05) is 23.2 Å². The lowest BCUT2D eigenvalue weighted by Crippen LogP contribution is -2.20. The van der Waals surface area contributed by atoms with Crippen molar-refractivity contribution in [3.8, 4) is 0 Å². The summed E-state index contributed by atoms with van der Waals surface area (Å²) in [6.07, 6.45) is 6.24. The van der Waals surface area contributed by atoms with Crippen molar-refractivity contribution in [2.75, 3.05) is 0 Å². The molecule has 4 nitrogen and oxygen atoms in total. The van der Waals surface area contributed by atoms with Crippen molar-refractivity contribution in [1.82, 2.24) is 15.3 Å². The molecule has 2 aromatic rings. The minimum Gasteiger partial charge on any atom is -0.347 e. The molecule has 0 saturated carbocycles. The quantitative estimate of drug-likeness (QED) is 0.852. The molecule has 0 aliphatic heterocycles. The zero-order valence-corrected chi connectivity index (χ0v) is 11.4. The maximum absolute atomic E-state index is 11.6. The van der Waals surface area contributed by atoms with Gasteiger partial charge in [0.15, 0.2) is 0 Å². The van der Waals surface area contributed by atoms with Crippen molar-refractivity contribution in [1.29, 1.82) is 0 Å². The number of aromatic amines is 1. The summed E-state index contributed by atoms with van der Waals surface area (Å²) in [4.78, 5) is 18.4. The van der Waals surface area contributed by atoms with Crippen LogP contribution < -0.4 is 5.32 Å². The first-order valence-corrected chi connectivity index (χ1v) is 6.29. The number of benzene rings is 1. The second-order valence-corrected chi connectivity index (χ2v) is 4.64. The van der Waals surface area contributed by atoms with Crippen LogP contribution in [0.5, 0.6) is 0 Å². The number of rotatable bonds is 4.